The van der Waals surface area contributed by atoms with Gasteiger partial charge in [-0.2, -0.15) is 13.2 Å². The van der Waals surface area contributed by atoms with Crippen LogP contribution in [-0.4, -0.2) is 4.98 Å². The third-order valence-corrected chi connectivity index (χ3v) is 3.37. The first-order chi connectivity index (χ1) is 7.98. The molecule has 2 rings (SSSR count). The van der Waals surface area contributed by atoms with Crippen LogP contribution < -0.4 is 0 Å². The van der Waals surface area contributed by atoms with E-state index in [4.69, 9.17) is 12.2 Å². The highest BCUT2D eigenvalue weighted by Gasteiger charge is 2.35. The zero-order chi connectivity index (χ0) is 12.5. The first-order valence-electron chi connectivity index (χ1n) is 5.81. The van der Waals surface area contributed by atoms with Gasteiger partial charge in [-0.15, -0.1) is 0 Å². The van der Waals surface area contributed by atoms with Crippen molar-refractivity contribution in [3.05, 3.63) is 27.5 Å². The van der Waals surface area contributed by atoms with Crippen molar-refractivity contribution in [1.82, 2.24) is 4.98 Å². The van der Waals surface area contributed by atoms with Crippen LogP contribution in [0.1, 0.15) is 42.5 Å². The number of fused-ring (bicyclic) bond motifs is 1. The number of rotatable bonds is 0. The normalized spacial score (nSPS) is 17.1. The predicted molar refractivity (Wildman–Crippen MR) is 62.5 cm³/mol. The summed E-state index contributed by atoms with van der Waals surface area (Å²) in [5.74, 6) is 0. The molecule has 0 saturated carbocycles. The van der Waals surface area contributed by atoms with Gasteiger partial charge in [-0.3, -0.25) is 0 Å². The Labute approximate surface area is 103 Å². The molecule has 1 nitrogen and oxygen atoms in total. The number of halogens is 3. The number of H-pyrrole nitrogens is 1. The Morgan fingerprint density at radius 3 is 2.35 bits per heavy atom. The summed E-state index contributed by atoms with van der Waals surface area (Å²) < 4.78 is 38.9. The summed E-state index contributed by atoms with van der Waals surface area (Å²) in [6.07, 6.45) is 0.730. The fraction of sp³-hybridized carbons (Fsp3) is 0.583. The van der Waals surface area contributed by atoms with E-state index in [0.29, 0.717) is 18.4 Å². The quantitative estimate of drug-likeness (QED) is 0.683. The predicted octanol–water partition coefficient (Wildman–Crippen LogP) is 4.42. The van der Waals surface area contributed by atoms with Crippen molar-refractivity contribution in [2.24, 2.45) is 0 Å². The van der Waals surface area contributed by atoms with E-state index < -0.39 is 11.9 Å². The molecule has 1 aliphatic rings. The molecule has 0 aromatic carbocycles. The molecular weight excluding hydrogens is 247 g/mol. The average molecular weight is 261 g/mol. The molecule has 0 atom stereocenters. The van der Waals surface area contributed by atoms with Gasteiger partial charge in [0.15, 0.2) is 0 Å². The van der Waals surface area contributed by atoms with Crippen LogP contribution in [0.5, 0.6) is 0 Å². The minimum absolute atomic E-state index is 0.177. The largest absolute Gasteiger partial charge is 0.431 e. The maximum absolute atomic E-state index is 12.9. The van der Waals surface area contributed by atoms with E-state index in [0.717, 1.165) is 31.2 Å². The molecule has 1 aromatic heterocycles. The van der Waals surface area contributed by atoms with E-state index in [9.17, 15) is 13.2 Å². The van der Waals surface area contributed by atoms with Crippen molar-refractivity contribution in [3.63, 3.8) is 0 Å². The number of alkyl halides is 3. The molecule has 0 spiro atoms. The highest BCUT2D eigenvalue weighted by Crippen LogP contribution is 2.34. The van der Waals surface area contributed by atoms with Gasteiger partial charge in [0.25, 0.3) is 0 Å². The van der Waals surface area contributed by atoms with Gasteiger partial charge in [0, 0.05) is 0 Å². The van der Waals surface area contributed by atoms with E-state index in [-0.39, 0.29) is 4.64 Å². The lowest BCUT2D eigenvalue weighted by atomic mass is 9.92. The van der Waals surface area contributed by atoms with Crippen molar-refractivity contribution >= 4 is 12.2 Å². The fourth-order valence-corrected chi connectivity index (χ4v) is 2.61. The summed E-state index contributed by atoms with van der Waals surface area (Å²) in [7, 11) is 0. The average Bonchev–Trinajstić information content (AvgIpc) is 2.18. The lowest BCUT2D eigenvalue weighted by molar-refractivity contribution is -0.142. The molecule has 0 unspecified atom stereocenters. The van der Waals surface area contributed by atoms with E-state index >= 15 is 0 Å². The number of aryl methyl sites for hydroxylation is 1. The van der Waals surface area contributed by atoms with E-state index in [1.54, 1.807) is 6.07 Å². The number of nitrogens with one attached hydrogen (secondary N) is 1. The zero-order valence-corrected chi connectivity index (χ0v) is 10.2. The van der Waals surface area contributed by atoms with Gasteiger partial charge in [0.2, 0.25) is 0 Å². The van der Waals surface area contributed by atoms with Crippen molar-refractivity contribution in [2.75, 3.05) is 0 Å². The third-order valence-electron chi connectivity index (χ3n) is 3.15. The van der Waals surface area contributed by atoms with Gasteiger partial charge >= 0.3 is 6.18 Å². The van der Waals surface area contributed by atoms with Gasteiger partial charge in [0.05, 0.1) is 0 Å². The van der Waals surface area contributed by atoms with Crippen LogP contribution in [0.3, 0.4) is 0 Å². The Hall–Kier alpha value is -0.840. The summed E-state index contributed by atoms with van der Waals surface area (Å²) in [6.45, 7) is 0. The highest BCUT2D eigenvalue weighted by molar-refractivity contribution is 7.71. The van der Waals surface area contributed by atoms with Gasteiger partial charge in [0.1, 0.15) is 10.3 Å². The lowest BCUT2D eigenvalue weighted by Gasteiger charge is -2.19. The topological polar surface area (TPSA) is 15.8 Å². The van der Waals surface area contributed by atoms with Gasteiger partial charge in [-0.1, -0.05) is 25.1 Å². The Balaban J connectivity index is 2.55. The molecule has 0 bridgehead atoms. The van der Waals surface area contributed by atoms with Gasteiger partial charge in [-0.25, -0.2) is 0 Å². The van der Waals surface area contributed by atoms with Crippen molar-refractivity contribution in [2.45, 2.75) is 44.7 Å². The Morgan fingerprint density at radius 2 is 1.71 bits per heavy atom. The van der Waals surface area contributed by atoms with Crippen LogP contribution in [0, 0.1) is 4.64 Å². The summed E-state index contributed by atoms with van der Waals surface area (Å²) in [5.41, 5.74) is 0.563. The maximum Gasteiger partial charge on any atom is 0.431 e. The second-order valence-corrected chi connectivity index (χ2v) is 4.86. The fourth-order valence-electron chi connectivity index (χ4n) is 2.36. The molecular formula is C12H14F3NS. The second kappa shape index (κ2) is 4.80. The highest BCUT2D eigenvalue weighted by atomic mass is 32.1. The van der Waals surface area contributed by atoms with Crippen LogP contribution in [0.4, 0.5) is 13.2 Å². The first kappa shape index (κ1) is 12.6. The van der Waals surface area contributed by atoms with Crippen LogP contribution in [0.25, 0.3) is 0 Å². The van der Waals surface area contributed by atoms with E-state index in [1.165, 1.54) is 0 Å². The minimum Gasteiger partial charge on any atom is -0.342 e. The third kappa shape index (κ3) is 2.89. The Morgan fingerprint density at radius 1 is 1.06 bits per heavy atom. The van der Waals surface area contributed by atoms with Gasteiger partial charge < -0.3 is 4.98 Å². The number of aromatic amines is 1. The molecule has 0 radical (unpaired) electrons. The summed E-state index contributed by atoms with van der Waals surface area (Å²) in [5, 5.41) is 0. The molecule has 1 heterocycles. The smallest absolute Gasteiger partial charge is 0.342 e. The summed E-state index contributed by atoms with van der Waals surface area (Å²) in [4.78, 5) is 2.31. The summed E-state index contributed by atoms with van der Waals surface area (Å²) >= 11 is 4.88. The first-order valence-corrected chi connectivity index (χ1v) is 6.21. The monoisotopic (exact) mass is 261 g/mol. The lowest BCUT2D eigenvalue weighted by Crippen LogP contribution is -2.15. The minimum atomic E-state index is -4.34. The molecule has 0 fully saturated rings. The number of hydrogen-bond acceptors (Lipinski definition) is 1. The SMILES string of the molecule is FC(F)(F)c1[nH]c(=S)cc2c1CCCCCC2. The molecule has 5 heteroatoms. The van der Waals surface area contributed by atoms with Crippen LogP contribution >= 0.6 is 12.2 Å². The van der Waals surface area contributed by atoms with Crippen LogP contribution in [0.15, 0.2) is 6.07 Å². The van der Waals surface area contributed by atoms with E-state index in [1.807, 2.05) is 0 Å². The molecule has 0 aliphatic heterocycles. The number of pyridine rings is 1. The molecule has 1 N–H and O–H groups in total. The molecule has 0 amide bonds. The molecule has 0 saturated heterocycles. The Kier molecular flexibility index (Phi) is 3.56. The van der Waals surface area contributed by atoms with Crippen molar-refractivity contribution < 1.29 is 13.2 Å². The molecule has 94 valence electrons. The zero-order valence-electron chi connectivity index (χ0n) is 9.36. The Bertz CT molecular complexity index is 462. The molecule has 1 aliphatic carbocycles. The summed E-state index contributed by atoms with van der Waals surface area (Å²) in [6, 6.07) is 1.69. The maximum atomic E-state index is 12.9. The molecule has 1 aromatic rings. The molecule has 17 heavy (non-hydrogen) atoms. The number of aromatic nitrogens is 1. The standard InChI is InChI=1S/C12H14F3NS/c13-12(14,15)11-9-6-4-2-1-3-5-8(9)7-10(17)16-11/h7H,1-6H2,(H,16,17). The van der Waals surface area contributed by atoms with E-state index in [2.05, 4.69) is 4.98 Å². The van der Waals surface area contributed by atoms with Crippen LogP contribution in [0.2, 0.25) is 0 Å². The number of hydrogen-bond donors (Lipinski definition) is 1. The van der Waals surface area contributed by atoms with Crippen LogP contribution in [-0.2, 0) is 19.0 Å². The second-order valence-electron chi connectivity index (χ2n) is 4.42. The van der Waals surface area contributed by atoms with Crippen molar-refractivity contribution in [3.8, 4) is 0 Å². The van der Waals surface area contributed by atoms with Gasteiger partial charge in [-0.05, 0) is 42.9 Å². The van der Waals surface area contributed by atoms with Crippen molar-refractivity contribution in [1.29, 1.82) is 0 Å².